The van der Waals surface area contributed by atoms with Crippen molar-refractivity contribution in [3.05, 3.63) is 0 Å². The van der Waals surface area contributed by atoms with Crippen LogP contribution in [-0.2, 0) is 10.8 Å². The summed E-state index contributed by atoms with van der Waals surface area (Å²) in [5.74, 6) is 1.49. The molecule has 1 rings (SSSR count). The molecule has 1 aliphatic rings. The third-order valence-electron chi connectivity index (χ3n) is 4.28. The molecule has 1 saturated carbocycles. The summed E-state index contributed by atoms with van der Waals surface area (Å²) in [4.78, 5) is 4.24. The van der Waals surface area contributed by atoms with Crippen molar-refractivity contribution >= 4 is 40.7 Å². The SMILES string of the molecule is CCC1(CNC(=NC)NCCS(=O)C(C)(C)C)CCC1.I. The maximum Gasteiger partial charge on any atom is 0.191 e. The van der Waals surface area contributed by atoms with Gasteiger partial charge in [-0.1, -0.05) is 13.3 Å². The zero-order valence-electron chi connectivity index (χ0n) is 14.1. The molecule has 0 radical (unpaired) electrons. The maximum absolute atomic E-state index is 12.0. The number of nitrogens with one attached hydrogen (secondary N) is 2. The Morgan fingerprint density at radius 2 is 1.90 bits per heavy atom. The first-order valence-electron chi connectivity index (χ1n) is 7.66. The summed E-state index contributed by atoms with van der Waals surface area (Å²) < 4.78 is 11.8. The van der Waals surface area contributed by atoms with Crippen molar-refractivity contribution < 1.29 is 4.21 Å². The number of aliphatic imine (C=N–C) groups is 1. The smallest absolute Gasteiger partial charge is 0.191 e. The Hall–Kier alpha value is 0.150. The summed E-state index contributed by atoms with van der Waals surface area (Å²) in [5.41, 5.74) is 0.478. The molecule has 0 heterocycles. The van der Waals surface area contributed by atoms with Crippen LogP contribution >= 0.6 is 24.0 Å². The van der Waals surface area contributed by atoms with Crippen LogP contribution in [0.1, 0.15) is 53.4 Å². The zero-order valence-corrected chi connectivity index (χ0v) is 17.3. The Morgan fingerprint density at radius 1 is 1.29 bits per heavy atom. The van der Waals surface area contributed by atoms with Crippen molar-refractivity contribution in [2.45, 2.75) is 58.1 Å². The summed E-state index contributed by atoms with van der Waals surface area (Å²) >= 11 is 0. The summed E-state index contributed by atoms with van der Waals surface area (Å²) in [6.07, 6.45) is 5.22. The van der Waals surface area contributed by atoms with Crippen LogP contribution in [0.2, 0.25) is 0 Å². The Balaban J connectivity index is 0.00000400. The predicted molar refractivity (Wildman–Crippen MR) is 104 cm³/mol. The van der Waals surface area contributed by atoms with Crippen LogP contribution in [0.25, 0.3) is 0 Å². The van der Waals surface area contributed by atoms with Gasteiger partial charge in [0.25, 0.3) is 0 Å². The number of hydrogen-bond acceptors (Lipinski definition) is 2. The molecule has 0 spiro atoms. The lowest BCUT2D eigenvalue weighted by atomic mass is 9.67. The van der Waals surface area contributed by atoms with Crippen molar-refractivity contribution in [1.29, 1.82) is 0 Å². The highest BCUT2D eigenvalue weighted by Gasteiger charge is 2.34. The van der Waals surface area contributed by atoms with E-state index in [1.165, 1.54) is 25.7 Å². The van der Waals surface area contributed by atoms with Crippen LogP contribution in [0.5, 0.6) is 0 Å². The molecular formula is C15H32IN3OS. The zero-order chi connectivity index (χ0) is 15.2. The summed E-state index contributed by atoms with van der Waals surface area (Å²) in [5, 5.41) is 6.68. The number of rotatable bonds is 6. The van der Waals surface area contributed by atoms with E-state index in [1.807, 2.05) is 20.8 Å². The van der Waals surface area contributed by atoms with Crippen LogP contribution in [0.15, 0.2) is 4.99 Å². The van der Waals surface area contributed by atoms with Crippen molar-refractivity contribution in [3.8, 4) is 0 Å². The van der Waals surface area contributed by atoms with Gasteiger partial charge in [0.2, 0.25) is 0 Å². The van der Waals surface area contributed by atoms with Crippen LogP contribution in [0.4, 0.5) is 0 Å². The van der Waals surface area contributed by atoms with Gasteiger partial charge in [0.15, 0.2) is 5.96 Å². The van der Waals surface area contributed by atoms with Crippen molar-refractivity contribution in [3.63, 3.8) is 0 Å². The van der Waals surface area contributed by atoms with Gasteiger partial charge in [-0.15, -0.1) is 24.0 Å². The third kappa shape index (κ3) is 6.84. The molecule has 1 atom stereocenters. The molecule has 1 fully saturated rings. The Kier molecular flexibility index (Phi) is 9.39. The van der Waals surface area contributed by atoms with Gasteiger partial charge >= 0.3 is 0 Å². The predicted octanol–water partition coefficient (Wildman–Crippen LogP) is 2.90. The van der Waals surface area contributed by atoms with E-state index in [2.05, 4.69) is 22.5 Å². The fraction of sp³-hybridized carbons (Fsp3) is 0.933. The summed E-state index contributed by atoms with van der Waals surface area (Å²) in [6.45, 7) is 9.99. The molecule has 1 aliphatic carbocycles. The first kappa shape index (κ1) is 21.1. The van der Waals surface area contributed by atoms with Gasteiger partial charge in [-0.3, -0.25) is 9.20 Å². The normalized spacial score (nSPS) is 19.2. The highest BCUT2D eigenvalue weighted by Crippen LogP contribution is 2.42. The molecule has 0 aromatic heterocycles. The van der Waals surface area contributed by atoms with Gasteiger partial charge in [0, 0.05) is 41.4 Å². The van der Waals surface area contributed by atoms with Gasteiger partial charge in [0.05, 0.1) is 0 Å². The second-order valence-electron chi connectivity index (χ2n) is 6.72. The summed E-state index contributed by atoms with van der Waals surface area (Å²) in [7, 11) is 0.973. The molecular weight excluding hydrogens is 397 g/mol. The average Bonchev–Trinajstić information content (AvgIpc) is 2.34. The van der Waals surface area contributed by atoms with E-state index in [4.69, 9.17) is 0 Å². The lowest BCUT2D eigenvalue weighted by Gasteiger charge is -2.41. The number of hydrogen-bond donors (Lipinski definition) is 2. The maximum atomic E-state index is 12.0. The van der Waals surface area contributed by atoms with Gasteiger partial charge in [-0.25, -0.2) is 0 Å². The molecule has 1 unspecified atom stereocenters. The Bertz CT molecular complexity index is 357. The van der Waals surface area contributed by atoms with Gasteiger partial charge < -0.3 is 10.6 Å². The van der Waals surface area contributed by atoms with E-state index in [-0.39, 0.29) is 28.7 Å². The molecule has 0 aromatic rings. The number of guanidine groups is 1. The third-order valence-corrected chi connectivity index (χ3v) is 6.22. The van der Waals surface area contributed by atoms with Crippen LogP contribution in [0.3, 0.4) is 0 Å². The molecule has 0 aliphatic heterocycles. The topological polar surface area (TPSA) is 53.5 Å². The summed E-state index contributed by atoms with van der Waals surface area (Å²) in [6, 6.07) is 0. The lowest BCUT2D eigenvalue weighted by Crippen LogP contribution is -2.47. The van der Waals surface area contributed by atoms with Crippen LogP contribution in [-0.4, -0.2) is 40.8 Å². The molecule has 0 bridgehead atoms. The van der Waals surface area contributed by atoms with Crippen LogP contribution in [0, 0.1) is 5.41 Å². The van der Waals surface area contributed by atoms with E-state index in [9.17, 15) is 4.21 Å². The Morgan fingerprint density at radius 3 is 2.29 bits per heavy atom. The van der Waals surface area contributed by atoms with Gasteiger partial charge in [-0.05, 0) is 45.4 Å². The van der Waals surface area contributed by atoms with E-state index in [0.717, 1.165) is 12.5 Å². The van der Waals surface area contributed by atoms with Crippen molar-refractivity contribution in [2.75, 3.05) is 25.9 Å². The highest BCUT2D eigenvalue weighted by molar-refractivity contribution is 14.0. The van der Waals surface area contributed by atoms with Gasteiger partial charge in [0.1, 0.15) is 0 Å². The fourth-order valence-electron chi connectivity index (χ4n) is 2.39. The molecule has 0 saturated heterocycles. The van der Waals surface area contributed by atoms with Crippen molar-refractivity contribution in [1.82, 2.24) is 10.6 Å². The molecule has 0 amide bonds. The van der Waals surface area contributed by atoms with E-state index >= 15 is 0 Å². The Labute approximate surface area is 149 Å². The second-order valence-corrected chi connectivity index (χ2v) is 9.05. The molecule has 0 aromatic carbocycles. The number of halogens is 1. The minimum atomic E-state index is -0.814. The van der Waals surface area contributed by atoms with E-state index in [0.29, 0.717) is 17.7 Å². The van der Waals surface area contributed by atoms with Crippen LogP contribution < -0.4 is 10.6 Å². The lowest BCUT2D eigenvalue weighted by molar-refractivity contribution is 0.131. The van der Waals surface area contributed by atoms with E-state index in [1.54, 1.807) is 7.05 Å². The monoisotopic (exact) mass is 429 g/mol. The fourth-order valence-corrected chi connectivity index (χ4v) is 3.29. The van der Waals surface area contributed by atoms with E-state index < -0.39 is 10.8 Å². The number of nitrogens with zero attached hydrogens (tertiary/aromatic N) is 1. The van der Waals surface area contributed by atoms with Crippen molar-refractivity contribution in [2.24, 2.45) is 10.4 Å². The molecule has 126 valence electrons. The standard InChI is InChI=1S/C15H31N3OS.HI/c1-6-15(8-7-9-15)12-18-13(16-5)17-10-11-20(19)14(2,3)4;/h6-12H2,1-5H3,(H2,16,17,18);1H. The molecule has 6 heteroatoms. The minimum absolute atomic E-state index is 0. The molecule has 21 heavy (non-hydrogen) atoms. The highest BCUT2D eigenvalue weighted by atomic mass is 127. The average molecular weight is 429 g/mol. The van der Waals surface area contributed by atoms with Gasteiger partial charge in [-0.2, -0.15) is 0 Å². The molecule has 2 N–H and O–H groups in total. The second kappa shape index (κ2) is 9.33. The largest absolute Gasteiger partial charge is 0.356 e. The first-order chi connectivity index (χ1) is 9.33. The quantitative estimate of drug-likeness (QED) is 0.388. The minimum Gasteiger partial charge on any atom is -0.356 e. The first-order valence-corrected chi connectivity index (χ1v) is 8.98. The molecule has 4 nitrogen and oxygen atoms in total.